The van der Waals surface area contributed by atoms with Crippen molar-refractivity contribution in [3.63, 3.8) is 0 Å². The largest absolute Gasteiger partial charge is 0.493 e. The molecule has 11 heteroatoms. The van der Waals surface area contributed by atoms with Crippen LogP contribution in [0.3, 0.4) is 0 Å². The van der Waals surface area contributed by atoms with Gasteiger partial charge in [-0.3, -0.25) is 9.59 Å². The second kappa shape index (κ2) is 9.54. The first-order valence-corrected chi connectivity index (χ1v) is 9.10. The number of methoxy groups -OCH3 is 2. The normalized spacial score (nSPS) is 10.6. The van der Waals surface area contributed by atoms with Gasteiger partial charge in [-0.2, -0.15) is 0 Å². The van der Waals surface area contributed by atoms with Gasteiger partial charge in [0.1, 0.15) is 18.4 Å². The second-order valence-corrected chi connectivity index (χ2v) is 6.20. The summed E-state index contributed by atoms with van der Waals surface area (Å²) in [7, 11) is 2.98. The molecule has 3 N–H and O–H groups in total. The van der Waals surface area contributed by atoms with E-state index in [1.807, 2.05) is 0 Å². The number of imidazole rings is 1. The molecule has 0 saturated carbocycles. The Bertz CT molecular complexity index is 1050. The highest BCUT2D eigenvalue weighted by Crippen LogP contribution is 2.27. The third-order valence-electron chi connectivity index (χ3n) is 4.27. The number of nitrogen functional groups attached to an aromatic ring is 1. The Morgan fingerprint density at radius 3 is 2.70 bits per heavy atom. The maximum absolute atomic E-state index is 12.2. The van der Waals surface area contributed by atoms with Gasteiger partial charge in [0.2, 0.25) is 0 Å². The number of ether oxygens (including phenoxy) is 3. The van der Waals surface area contributed by atoms with Crippen molar-refractivity contribution in [3.8, 4) is 11.5 Å². The number of nitrogens with two attached hydrogens (primary N) is 1. The van der Waals surface area contributed by atoms with Crippen LogP contribution in [0.15, 0.2) is 30.9 Å². The second-order valence-electron chi connectivity index (χ2n) is 6.20. The van der Waals surface area contributed by atoms with Gasteiger partial charge in [0.25, 0.3) is 5.91 Å². The first-order valence-electron chi connectivity index (χ1n) is 9.10. The first kappa shape index (κ1) is 20.8. The number of nitrogens with one attached hydrogen (secondary N) is 1. The highest BCUT2D eigenvalue weighted by atomic mass is 16.5. The topological polar surface area (TPSA) is 143 Å². The molecule has 0 aliphatic heterocycles. The van der Waals surface area contributed by atoms with Crippen LogP contribution in [0.5, 0.6) is 11.5 Å². The van der Waals surface area contributed by atoms with Gasteiger partial charge in [-0.1, -0.05) is 0 Å². The number of aromatic nitrogens is 4. The Morgan fingerprint density at radius 1 is 1.13 bits per heavy atom. The van der Waals surface area contributed by atoms with Gasteiger partial charge >= 0.3 is 5.97 Å². The zero-order chi connectivity index (χ0) is 21.5. The number of amides is 1. The number of hydrogen-bond acceptors (Lipinski definition) is 9. The lowest BCUT2D eigenvalue weighted by Gasteiger charge is -2.10. The summed E-state index contributed by atoms with van der Waals surface area (Å²) in [5, 5.41) is 2.52. The van der Waals surface area contributed by atoms with Gasteiger partial charge in [-0.15, -0.1) is 0 Å². The van der Waals surface area contributed by atoms with E-state index >= 15 is 0 Å². The minimum atomic E-state index is -0.536. The summed E-state index contributed by atoms with van der Waals surface area (Å²) in [6, 6.07) is 4.73. The number of rotatable bonds is 9. The fourth-order valence-corrected chi connectivity index (χ4v) is 2.77. The third-order valence-corrected chi connectivity index (χ3v) is 4.27. The van der Waals surface area contributed by atoms with Gasteiger partial charge in [-0.05, 0) is 24.6 Å². The smallest absolute Gasteiger partial charge is 0.325 e. The average molecular weight is 414 g/mol. The van der Waals surface area contributed by atoms with Crippen LogP contribution < -0.4 is 20.5 Å². The molecule has 158 valence electrons. The minimum Gasteiger partial charge on any atom is -0.493 e. The van der Waals surface area contributed by atoms with Crippen LogP contribution in [0.1, 0.15) is 16.8 Å². The number of aryl methyl sites for hydroxylation is 1. The molecule has 0 radical (unpaired) electrons. The number of carbonyl (C=O) groups is 2. The number of fused-ring (bicyclic) bond motifs is 1. The zero-order valence-corrected chi connectivity index (χ0v) is 16.6. The molecule has 30 heavy (non-hydrogen) atoms. The molecule has 0 atom stereocenters. The van der Waals surface area contributed by atoms with Crippen LogP contribution in [0, 0.1) is 0 Å². The summed E-state index contributed by atoms with van der Waals surface area (Å²) in [5.41, 5.74) is 7.25. The van der Waals surface area contributed by atoms with Crippen LogP contribution in [-0.4, -0.2) is 58.8 Å². The van der Waals surface area contributed by atoms with Gasteiger partial charge in [0.05, 0.1) is 27.2 Å². The lowest BCUT2D eigenvalue weighted by atomic mass is 10.2. The highest BCUT2D eigenvalue weighted by molar-refractivity contribution is 5.96. The Kier molecular flexibility index (Phi) is 6.63. The Morgan fingerprint density at radius 2 is 1.93 bits per heavy atom. The Hall–Kier alpha value is -3.89. The predicted molar refractivity (Wildman–Crippen MR) is 107 cm³/mol. The van der Waals surface area contributed by atoms with Crippen molar-refractivity contribution in [2.24, 2.45) is 0 Å². The maximum Gasteiger partial charge on any atom is 0.325 e. The minimum absolute atomic E-state index is 0.186. The summed E-state index contributed by atoms with van der Waals surface area (Å²) in [5.74, 6) is 0.288. The molecule has 0 aliphatic rings. The van der Waals surface area contributed by atoms with E-state index in [2.05, 4.69) is 20.3 Å². The third kappa shape index (κ3) is 4.74. The molecule has 0 fully saturated rings. The van der Waals surface area contributed by atoms with Crippen LogP contribution in [0.4, 0.5) is 5.82 Å². The summed E-state index contributed by atoms with van der Waals surface area (Å²) >= 11 is 0. The van der Waals surface area contributed by atoms with E-state index in [9.17, 15) is 9.59 Å². The fourth-order valence-electron chi connectivity index (χ4n) is 2.77. The van der Waals surface area contributed by atoms with E-state index in [0.29, 0.717) is 47.0 Å². The monoisotopic (exact) mass is 414 g/mol. The number of esters is 1. The van der Waals surface area contributed by atoms with Crippen LogP contribution in [0.2, 0.25) is 0 Å². The lowest BCUT2D eigenvalue weighted by Crippen LogP contribution is -2.30. The van der Waals surface area contributed by atoms with E-state index in [0.717, 1.165) is 0 Å². The summed E-state index contributed by atoms with van der Waals surface area (Å²) in [4.78, 5) is 36.3. The molecule has 0 bridgehead atoms. The fraction of sp³-hybridized carbons (Fsp3) is 0.316. The molecule has 3 aromatic rings. The van der Waals surface area contributed by atoms with Crippen LogP contribution >= 0.6 is 0 Å². The SMILES string of the molecule is COc1ccc(C(=O)NCC(=O)OCCCn2cnc3c(N)ncnc32)cc1OC. The number of benzene rings is 1. The molecule has 2 heterocycles. The summed E-state index contributed by atoms with van der Waals surface area (Å²) in [6.07, 6.45) is 3.53. The zero-order valence-electron chi connectivity index (χ0n) is 16.6. The molecule has 0 saturated heterocycles. The number of nitrogens with zero attached hydrogens (tertiary/aromatic N) is 4. The van der Waals surface area contributed by atoms with Crippen molar-refractivity contribution in [2.45, 2.75) is 13.0 Å². The molecule has 2 aromatic heterocycles. The lowest BCUT2D eigenvalue weighted by molar-refractivity contribution is -0.142. The predicted octanol–water partition coefficient (Wildman–Crippen LogP) is 0.789. The van der Waals surface area contributed by atoms with Gasteiger partial charge in [0.15, 0.2) is 23.0 Å². The van der Waals surface area contributed by atoms with E-state index in [-0.39, 0.29) is 13.2 Å². The van der Waals surface area contributed by atoms with Crippen molar-refractivity contribution in [1.29, 1.82) is 0 Å². The van der Waals surface area contributed by atoms with Crippen LogP contribution in [0.25, 0.3) is 11.2 Å². The first-order chi connectivity index (χ1) is 14.5. The van der Waals surface area contributed by atoms with Gasteiger partial charge in [0, 0.05) is 12.1 Å². The van der Waals surface area contributed by atoms with Crippen molar-refractivity contribution in [3.05, 3.63) is 36.4 Å². The molecule has 0 unspecified atom stereocenters. The quantitative estimate of drug-likeness (QED) is 0.383. The number of carbonyl (C=O) groups excluding carboxylic acids is 2. The van der Waals surface area contributed by atoms with E-state index in [1.165, 1.54) is 26.6 Å². The molecule has 11 nitrogen and oxygen atoms in total. The van der Waals surface area contributed by atoms with Gasteiger partial charge in [-0.25, -0.2) is 15.0 Å². The number of anilines is 1. The Balaban J connectivity index is 1.42. The van der Waals surface area contributed by atoms with Crippen molar-refractivity contribution in [2.75, 3.05) is 33.1 Å². The molecule has 0 aliphatic carbocycles. The summed E-state index contributed by atoms with van der Waals surface area (Å²) < 4.78 is 17.3. The van der Waals surface area contributed by atoms with Crippen LogP contribution in [-0.2, 0) is 16.1 Å². The van der Waals surface area contributed by atoms with E-state index in [1.54, 1.807) is 23.0 Å². The summed E-state index contributed by atoms with van der Waals surface area (Å²) in [6.45, 7) is 0.481. The standard InChI is InChI=1S/C19H22N6O5/c1-28-13-5-4-12(8-14(13)29-2)19(27)21-9-15(26)30-7-3-6-25-11-24-16-17(20)22-10-23-18(16)25/h4-5,8,10-11H,3,6-7,9H2,1-2H3,(H,21,27)(H2,20,22,23). The van der Waals surface area contributed by atoms with Gasteiger partial charge < -0.3 is 29.8 Å². The molecule has 0 spiro atoms. The van der Waals surface area contributed by atoms with E-state index < -0.39 is 11.9 Å². The highest BCUT2D eigenvalue weighted by Gasteiger charge is 2.13. The maximum atomic E-state index is 12.2. The number of hydrogen-bond donors (Lipinski definition) is 2. The molecule has 1 aromatic carbocycles. The van der Waals surface area contributed by atoms with E-state index in [4.69, 9.17) is 19.9 Å². The van der Waals surface area contributed by atoms with Crippen molar-refractivity contribution < 1.29 is 23.8 Å². The van der Waals surface area contributed by atoms with Crippen molar-refractivity contribution in [1.82, 2.24) is 24.8 Å². The molecular weight excluding hydrogens is 392 g/mol. The molecular formula is C19H22N6O5. The van der Waals surface area contributed by atoms with Crippen molar-refractivity contribution >= 4 is 28.9 Å². The molecule has 3 rings (SSSR count). The Labute approximate surface area is 172 Å². The average Bonchev–Trinajstić information content (AvgIpc) is 3.18. The molecule has 1 amide bonds.